The van der Waals surface area contributed by atoms with Crippen molar-refractivity contribution in [2.75, 3.05) is 43.2 Å². The average molecular weight is 389 g/mol. The molecule has 0 unspecified atom stereocenters. The second-order valence-electron chi connectivity index (χ2n) is 7.35. The van der Waals surface area contributed by atoms with Crippen LogP contribution in [0.2, 0.25) is 0 Å². The molecule has 0 spiro atoms. The highest BCUT2D eigenvalue weighted by atomic mass is 16.5. The fraction of sp³-hybridized carbons (Fsp3) is 0.526. The van der Waals surface area contributed by atoms with Crippen LogP contribution in [0.1, 0.15) is 30.9 Å². The van der Waals surface area contributed by atoms with Gasteiger partial charge in [-0.3, -0.25) is 0 Å². The lowest BCUT2D eigenvalue weighted by molar-refractivity contribution is 0.0250. The Kier molecular flexibility index (Phi) is 6.15. The second-order valence-corrected chi connectivity index (χ2v) is 7.35. The van der Waals surface area contributed by atoms with Crippen molar-refractivity contribution < 1.29 is 19.0 Å². The molecule has 9 heteroatoms. The minimum absolute atomic E-state index is 0.0827. The summed E-state index contributed by atoms with van der Waals surface area (Å²) in [5.41, 5.74) is 3.51. The molecule has 2 aromatic rings. The predicted molar refractivity (Wildman–Crippen MR) is 106 cm³/mol. The van der Waals surface area contributed by atoms with Crippen molar-refractivity contribution in [3.8, 4) is 6.01 Å². The summed E-state index contributed by atoms with van der Waals surface area (Å²) >= 11 is 0. The lowest BCUT2D eigenvalue weighted by Gasteiger charge is -2.28. The van der Waals surface area contributed by atoms with Gasteiger partial charge in [-0.1, -0.05) is 0 Å². The third-order valence-corrected chi connectivity index (χ3v) is 4.14. The van der Waals surface area contributed by atoms with E-state index in [2.05, 4.69) is 25.4 Å². The van der Waals surface area contributed by atoms with Crippen molar-refractivity contribution >= 4 is 17.9 Å². The molecule has 0 amide bonds. The number of ether oxygens (including phenoxy) is 2. The van der Waals surface area contributed by atoms with Crippen LogP contribution in [0.5, 0.6) is 6.01 Å². The van der Waals surface area contributed by atoms with E-state index in [1.807, 2.05) is 26.0 Å². The van der Waals surface area contributed by atoms with Gasteiger partial charge in [0.25, 0.3) is 0 Å². The lowest BCUT2D eigenvalue weighted by Crippen LogP contribution is -2.37. The van der Waals surface area contributed by atoms with Crippen LogP contribution in [0.15, 0.2) is 21.7 Å². The summed E-state index contributed by atoms with van der Waals surface area (Å²) in [5, 5.41) is 14.1. The number of morpholine rings is 1. The molecule has 2 aromatic heterocycles. The highest BCUT2D eigenvalue weighted by molar-refractivity contribution is 5.79. The molecule has 0 aliphatic carbocycles. The van der Waals surface area contributed by atoms with Crippen molar-refractivity contribution in [2.24, 2.45) is 5.10 Å². The Bertz CT molecular complexity index is 803. The normalized spacial score (nSPS) is 15.2. The van der Waals surface area contributed by atoms with Crippen LogP contribution >= 0.6 is 0 Å². The van der Waals surface area contributed by atoms with E-state index < -0.39 is 5.60 Å². The molecule has 0 aromatic carbocycles. The third-order valence-electron chi connectivity index (χ3n) is 4.14. The van der Waals surface area contributed by atoms with E-state index >= 15 is 0 Å². The second kappa shape index (κ2) is 8.57. The van der Waals surface area contributed by atoms with Gasteiger partial charge in [0.2, 0.25) is 5.88 Å². The van der Waals surface area contributed by atoms with Gasteiger partial charge in [0, 0.05) is 25.2 Å². The molecule has 28 heavy (non-hydrogen) atoms. The van der Waals surface area contributed by atoms with Crippen molar-refractivity contribution in [1.82, 2.24) is 9.97 Å². The molecular formula is C19H27N5O4. The molecule has 0 atom stereocenters. The molecule has 9 nitrogen and oxygen atoms in total. The van der Waals surface area contributed by atoms with Crippen molar-refractivity contribution in [2.45, 2.75) is 33.3 Å². The van der Waals surface area contributed by atoms with Gasteiger partial charge < -0.3 is 23.9 Å². The lowest BCUT2D eigenvalue weighted by atomic mass is 10.2. The van der Waals surface area contributed by atoms with Gasteiger partial charge in [0.1, 0.15) is 18.2 Å². The molecule has 0 bridgehead atoms. The van der Waals surface area contributed by atoms with E-state index in [-0.39, 0.29) is 12.6 Å². The quantitative estimate of drug-likeness (QED) is 0.548. The topological polar surface area (TPSA) is 105 Å². The van der Waals surface area contributed by atoms with Gasteiger partial charge in [-0.05, 0) is 33.3 Å². The Morgan fingerprint density at radius 2 is 2.04 bits per heavy atom. The summed E-state index contributed by atoms with van der Waals surface area (Å²) in [6.07, 6.45) is 1.58. The van der Waals surface area contributed by atoms with Crippen molar-refractivity contribution in [3.05, 3.63) is 29.2 Å². The Morgan fingerprint density at radius 3 is 2.68 bits per heavy atom. The first-order valence-corrected chi connectivity index (χ1v) is 9.23. The van der Waals surface area contributed by atoms with E-state index in [0.29, 0.717) is 24.8 Å². The van der Waals surface area contributed by atoms with E-state index in [0.717, 1.165) is 30.2 Å². The van der Waals surface area contributed by atoms with Crippen LogP contribution in [0.3, 0.4) is 0 Å². The van der Waals surface area contributed by atoms with Crippen LogP contribution < -0.4 is 15.1 Å². The molecule has 1 aliphatic rings. The minimum atomic E-state index is -0.983. The first-order valence-electron chi connectivity index (χ1n) is 9.23. The first kappa shape index (κ1) is 20.1. The van der Waals surface area contributed by atoms with Gasteiger partial charge >= 0.3 is 6.01 Å². The number of hydrogen-bond donors (Lipinski definition) is 2. The summed E-state index contributed by atoms with van der Waals surface area (Å²) in [7, 11) is 0. The maximum atomic E-state index is 9.90. The summed E-state index contributed by atoms with van der Waals surface area (Å²) in [6.45, 7) is 10.0. The van der Waals surface area contributed by atoms with Gasteiger partial charge in [0.15, 0.2) is 0 Å². The number of aromatic nitrogens is 2. The number of nitrogens with zero attached hydrogens (tertiary/aromatic N) is 4. The monoisotopic (exact) mass is 389 g/mol. The van der Waals surface area contributed by atoms with Crippen molar-refractivity contribution in [1.29, 1.82) is 0 Å². The minimum Gasteiger partial charge on any atom is -0.460 e. The number of anilines is 2. The Morgan fingerprint density at radius 1 is 1.29 bits per heavy atom. The molecule has 1 fully saturated rings. The molecular weight excluding hydrogens is 362 g/mol. The SMILES string of the molecule is Cc1cc(NN=Cc2cc(N3CCOCC3)nc(OCC(C)(C)O)n2)oc1C. The van der Waals surface area contributed by atoms with Crippen molar-refractivity contribution in [3.63, 3.8) is 0 Å². The Balaban J connectivity index is 1.78. The fourth-order valence-electron chi connectivity index (χ4n) is 2.55. The molecule has 152 valence electrons. The molecule has 3 heterocycles. The standard InChI is InChI=1S/C19H27N5O4/c1-13-9-17(28-14(13)2)23-20-11-15-10-16(24-5-7-26-8-6-24)22-18(21-15)27-12-19(3,4)25/h9-11,23,25H,5-8,12H2,1-4H3. The van der Waals surface area contributed by atoms with Gasteiger partial charge in [-0.25, -0.2) is 5.43 Å². The number of hydrogen-bond acceptors (Lipinski definition) is 9. The average Bonchev–Trinajstić information content (AvgIpc) is 2.98. The maximum absolute atomic E-state index is 9.90. The Labute approximate surface area is 164 Å². The zero-order chi connectivity index (χ0) is 20.1. The van der Waals surface area contributed by atoms with Crippen LogP contribution in [0.25, 0.3) is 0 Å². The van der Waals surface area contributed by atoms with Gasteiger partial charge in [0.05, 0.1) is 30.7 Å². The maximum Gasteiger partial charge on any atom is 0.319 e. The summed E-state index contributed by atoms with van der Waals surface area (Å²) in [5.74, 6) is 2.14. The molecule has 3 rings (SSSR count). The van der Waals surface area contributed by atoms with Crippen LogP contribution in [0, 0.1) is 13.8 Å². The fourth-order valence-corrected chi connectivity index (χ4v) is 2.55. The van der Waals surface area contributed by atoms with E-state index in [1.54, 1.807) is 20.1 Å². The third kappa shape index (κ3) is 5.67. The smallest absolute Gasteiger partial charge is 0.319 e. The van der Waals surface area contributed by atoms with Gasteiger partial charge in [-0.15, -0.1) is 0 Å². The summed E-state index contributed by atoms with van der Waals surface area (Å²) in [4.78, 5) is 10.9. The first-order chi connectivity index (χ1) is 13.3. The number of hydrazone groups is 1. The number of rotatable bonds is 7. The van der Waals surface area contributed by atoms with E-state index in [4.69, 9.17) is 13.9 Å². The van der Waals surface area contributed by atoms with Crippen LogP contribution in [-0.4, -0.2) is 59.8 Å². The zero-order valence-electron chi connectivity index (χ0n) is 16.7. The number of aliphatic hydroxyl groups is 1. The number of aryl methyl sites for hydroxylation is 2. The molecule has 1 aliphatic heterocycles. The van der Waals surface area contributed by atoms with Gasteiger partial charge in [-0.2, -0.15) is 15.1 Å². The van der Waals surface area contributed by atoms with Crippen LogP contribution in [0.4, 0.5) is 11.7 Å². The highest BCUT2D eigenvalue weighted by Crippen LogP contribution is 2.19. The largest absolute Gasteiger partial charge is 0.460 e. The molecule has 0 radical (unpaired) electrons. The van der Waals surface area contributed by atoms with E-state index in [9.17, 15) is 5.11 Å². The number of furan rings is 1. The molecule has 1 saturated heterocycles. The van der Waals surface area contributed by atoms with E-state index in [1.165, 1.54) is 0 Å². The molecule has 2 N–H and O–H groups in total. The Hall–Kier alpha value is -2.65. The molecule has 0 saturated carbocycles. The summed E-state index contributed by atoms with van der Waals surface area (Å²) < 4.78 is 16.5. The summed E-state index contributed by atoms with van der Waals surface area (Å²) in [6, 6.07) is 3.91. The predicted octanol–water partition coefficient (Wildman–Crippen LogP) is 2.12. The number of nitrogens with one attached hydrogen (secondary N) is 1. The zero-order valence-corrected chi connectivity index (χ0v) is 16.7. The highest BCUT2D eigenvalue weighted by Gasteiger charge is 2.18. The van der Waals surface area contributed by atoms with Crippen LogP contribution in [-0.2, 0) is 4.74 Å².